The minimum absolute atomic E-state index is 0.000612. The Morgan fingerprint density at radius 3 is 2.58 bits per heavy atom. The van der Waals surface area contributed by atoms with Crippen LogP contribution in [0.3, 0.4) is 0 Å². The van der Waals surface area contributed by atoms with Crippen LogP contribution >= 0.6 is 11.6 Å². The summed E-state index contributed by atoms with van der Waals surface area (Å²) >= 11 is 5.96. The van der Waals surface area contributed by atoms with Crippen LogP contribution in [0.5, 0.6) is 0 Å². The van der Waals surface area contributed by atoms with Gasteiger partial charge in [-0.1, -0.05) is 41.9 Å². The second-order valence-electron chi connectivity index (χ2n) is 7.84. The normalized spacial score (nSPS) is 17.3. The molecule has 3 aromatic rings. The molecule has 2 aromatic carbocycles. The van der Waals surface area contributed by atoms with Crippen LogP contribution in [0.4, 0.5) is 5.69 Å². The first-order valence-electron chi connectivity index (χ1n) is 10.2. The molecule has 1 aliphatic rings. The maximum absolute atomic E-state index is 12.8. The van der Waals surface area contributed by atoms with E-state index in [1.54, 1.807) is 16.8 Å². The molecular formula is C24H24ClN3O3. The highest BCUT2D eigenvalue weighted by Crippen LogP contribution is 2.48. The van der Waals surface area contributed by atoms with Crippen molar-refractivity contribution in [1.82, 2.24) is 9.78 Å². The van der Waals surface area contributed by atoms with Crippen LogP contribution in [0.2, 0.25) is 5.02 Å². The second-order valence-corrected chi connectivity index (χ2v) is 8.28. The van der Waals surface area contributed by atoms with E-state index < -0.39 is 0 Å². The summed E-state index contributed by atoms with van der Waals surface area (Å²) in [6.07, 6.45) is 0.826. The van der Waals surface area contributed by atoms with Gasteiger partial charge < -0.3 is 10.1 Å². The number of ether oxygens (including phenoxy) is 1. The zero-order valence-electron chi connectivity index (χ0n) is 17.7. The molecule has 160 valence electrons. The Bertz CT molecular complexity index is 1140. The first-order chi connectivity index (χ1) is 14.9. The maximum atomic E-state index is 12.8. The lowest BCUT2D eigenvalue weighted by Crippen LogP contribution is -2.16. The quantitative estimate of drug-likeness (QED) is 0.566. The second kappa shape index (κ2) is 8.55. The van der Waals surface area contributed by atoms with Gasteiger partial charge in [-0.2, -0.15) is 5.10 Å². The lowest BCUT2D eigenvalue weighted by atomic mass is 10.1. The Balaban J connectivity index is 1.49. The van der Waals surface area contributed by atoms with Gasteiger partial charge in [0.25, 0.3) is 0 Å². The standard InChI is InChI=1S/C24H24ClN3O3/c1-14-22(26-23(29)21-12-20(21)16-8-10-18(25)11-9-16)15(2)28(27-14)13-17-6-4-5-7-19(17)24(30)31-3/h4-11,20-21H,12-13H2,1-3H3,(H,26,29). The number of aryl methyl sites for hydroxylation is 1. The molecule has 1 fully saturated rings. The molecule has 0 spiro atoms. The van der Waals surface area contributed by atoms with Crippen molar-refractivity contribution in [2.24, 2.45) is 5.92 Å². The molecule has 1 amide bonds. The smallest absolute Gasteiger partial charge is 0.338 e. The van der Waals surface area contributed by atoms with E-state index in [1.807, 2.05) is 50.2 Å². The van der Waals surface area contributed by atoms with E-state index in [1.165, 1.54) is 7.11 Å². The van der Waals surface area contributed by atoms with Crippen LogP contribution in [0.1, 0.15) is 45.2 Å². The molecule has 0 aliphatic heterocycles. The van der Waals surface area contributed by atoms with Crippen molar-refractivity contribution in [3.05, 3.63) is 81.6 Å². The van der Waals surface area contributed by atoms with Gasteiger partial charge in [0.2, 0.25) is 5.91 Å². The van der Waals surface area contributed by atoms with Crippen molar-refractivity contribution < 1.29 is 14.3 Å². The summed E-state index contributed by atoms with van der Waals surface area (Å²) in [6, 6.07) is 15.0. The Labute approximate surface area is 186 Å². The number of carbonyl (C=O) groups is 2. The summed E-state index contributed by atoms with van der Waals surface area (Å²) in [5.74, 6) is -0.212. The summed E-state index contributed by atoms with van der Waals surface area (Å²) < 4.78 is 6.68. The number of methoxy groups -OCH3 is 1. The molecule has 1 aliphatic carbocycles. The third-order valence-corrected chi connectivity index (χ3v) is 6.05. The molecule has 7 heteroatoms. The van der Waals surface area contributed by atoms with E-state index in [-0.39, 0.29) is 23.7 Å². The molecule has 31 heavy (non-hydrogen) atoms. The molecule has 2 atom stereocenters. The molecule has 1 saturated carbocycles. The number of anilines is 1. The topological polar surface area (TPSA) is 73.2 Å². The highest BCUT2D eigenvalue weighted by Gasteiger charge is 2.44. The molecule has 0 bridgehead atoms. The lowest BCUT2D eigenvalue weighted by molar-refractivity contribution is -0.117. The number of hydrogen-bond acceptors (Lipinski definition) is 4. The van der Waals surface area contributed by atoms with E-state index in [2.05, 4.69) is 10.4 Å². The summed E-state index contributed by atoms with van der Waals surface area (Å²) in [5.41, 5.74) is 4.75. The molecule has 4 rings (SSSR count). The number of halogens is 1. The first-order valence-corrected chi connectivity index (χ1v) is 10.5. The van der Waals surface area contributed by atoms with Gasteiger partial charge in [-0.25, -0.2) is 4.79 Å². The van der Waals surface area contributed by atoms with Crippen molar-refractivity contribution in [1.29, 1.82) is 0 Å². The van der Waals surface area contributed by atoms with Crippen molar-refractivity contribution in [2.45, 2.75) is 32.7 Å². The van der Waals surface area contributed by atoms with Gasteiger partial charge in [-0.05, 0) is 55.5 Å². The highest BCUT2D eigenvalue weighted by atomic mass is 35.5. The summed E-state index contributed by atoms with van der Waals surface area (Å²) in [6.45, 7) is 4.19. The zero-order chi connectivity index (χ0) is 22.1. The van der Waals surface area contributed by atoms with Gasteiger partial charge >= 0.3 is 5.97 Å². The number of nitrogens with one attached hydrogen (secondary N) is 1. The molecule has 1 N–H and O–H groups in total. The van der Waals surface area contributed by atoms with Crippen molar-refractivity contribution in [2.75, 3.05) is 12.4 Å². The molecular weight excluding hydrogens is 414 g/mol. The first kappa shape index (κ1) is 21.1. The molecule has 0 saturated heterocycles. The predicted octanol–water partition coefficient (Wildman–Crippen LogP) is 4.73. The van der Waals surface area contributed by atoms with Crippen LogP contribution in [0, 0.1) is 19.8 Å². The number of aromatic nitrogens is 2. The number of benzene rings is 2. The van der Waals surface area contributed by atoms with E-state index in [4.69, 9.17) is 16.3 Å². The number of rotatable bonds is 6. The average Bonchev–Trinajstić information content (AvgIpc) is 3.53. The number of carbonyl (C=O) groups excluding carboxylic acids is 2. The molecule has 1 aromatic heterocycles. The average molecular weight is 438 g/mol. The Kier molecular flexibility index (Phi) is 5.83. The van der Waals surface area contributed by atoms with Gasteiger partial charge in [-0.3, -0.25) is 9.48 Å². The van der Waals surface area contributed by atoms with Crippen LogP contribution in [-0.2, 0) is 16.1 Å². The fourth-order valence-electron chi connectivity index (χ4n) is 3.94. The molecule has 6 nitrogen and oxygen atoms in total. The van der Waals surface area contributed by atoms with Gasteiger partial charge in [0, 0.05) is 10.9 Å². The van der Waals surface area contributed by atoms with Gasteiger partial charge in [-0.15, -0.1) is 0 Å². The SMILES string of the molecule is COC(=O)c1ccccc1Cn1nc(C)c(NC(=O)C2CC2c2ccc(Cl)cc2)c1C. The van der Waals surface area contributed by atoms with Crippen molar-refractivity contribution in [3.8, 4) is 0 Å². The molecule has 0 radical (unpaired) electrons. The van der Waals surface area contributed by atoms with E-state index in [9.17, 15) is 9.59 Å². The Morgan fingerprint density at radius 1 is 1.16 bits per heavy atom. The van der Waals surface area contributed by atoms with Gasteiger partial charge in [0.05, 0.1) is 36.3 Å². The fraction of sp³-hybridized carbons (Fsp3) is 0.292. The lowest BCUT2D eigenvalue weighted by Gasteiger charge is -2.10. The Morgan fingerprint density at radius 2 is 1.87 bits per heavy atom. The third-order valence-electron chi connectivity index (χ3n) is 5.80. The van der Waals surface area contributed by atoms with E-state index in [0.717, 1.165) is 34.6 Å². The summed E-state index contributed by atoms with van der Waals surface area (Å²) in [7, 11) is 1.37. The number of amides is 1. The van der Waals surface area contributed by atoms with Crippen LogP contribution in [0.15, 0.2) is 48.5 Å². The number of hydrogen-bond donors (Lipinski definition) is 1. The molecule has 2 unspecified atom stereocenters. The third kappa shape index (κ3) is 4.35. The van der Waals surface area contributed by atoms with Crippen LogP contribution < -0.4 is 5.32 Å². The summed E-state index contributed by atoms with van der Waals surface area (Å²) in [5, 5.41) is 8.35. The fourth-order valence-corrected chi connectivity index (χ4v) is 4.07. The zero-order valence-corrected chi connectivity index (χ0v) is 18.4. The largest absolute Gasteiger partial charge is 0.465 e. The summed E-state index contributed by atoms with van der Waals surface area (Å²) in [4.78, 5) is 24.9. The van der Waals surface area contributed by atoms with Crippen LogP contribution in [0.25, 0.3) is 0 Å². The Hall–Kier alpha value is -3.12. The predicted molar refractivity (Wildman–Crippen MR) is 120 cm³/mol. The minimum Gasteiger partial charge on any atom is -0.465 e. The van der Waals surface area contributed by atoms with E-state index >= 15 is 0 Å². The van der Waals surface area contributed by atoms with E-state index in [0.29, 0.717) is 17.1 Å². The van der Waals surface area contributed by atoms with Crippen LogP contribution in [-0.4, -0.2) is 28.8 Å². The number of nitrogens with zero attached hydrogens (tertiary/aromatic N) is 2. The maximum Gasteiger partial charge on any atom is 0.338 e. The van der Waals surface area contributed by atoms with Crippen molar-refractivity contribution in [3.63, 3.8) is 0 Å². The van der Waals surface area contributed by atoms with Gasteiger partial charge in [0.15, 0.2) is 0 Å². The number of esters is 1. The van der Waals surface area contributed by atoms with Gasteiger partial charge in [0.1, 0.15) is 0 Å². The highest BCUT2D eigenvalue weighted by molar-refractivity contribution is 6.30. The minimum atomic E-state index is -0.382. The van der Waals surface area contributed by atoms with Crippen molar-refractivity contribution >= 4 is 29.2 Å². The molecule has 1 heterocycles. The monoisotopic (exact) mass is 437 g/mol.